The van der Waals surface area contributed by atoms with E-state index in [0.717, 1.165) is 11.1 Å². The Kier molecular flexibility index (Phi) is 4.75. The van der Waals surface area contributed by atoms with Crippen molar-refractivity contribution in [2.75, 3.05) is 6.54 Å². The predicted octanol–water partition coefficient (Wildman–Crippen LogP) is 0.209. The summed E-state index contributed by atoms with van der Waals surface area (Å²) >= 11 is 0. The first kappa shape index (κ1) is 15.3. The second-order valence-corrected chi connectivity index (χ2v) is 5.99. The number of sulfonamides is 1. The molecule has 0 aliphatic rings. The van der Waals surface area contributed by atoms with E-state index in [1.807, 2.05) is 24.3 Å². The molecule has 3 N–H and O–H groups in total. The number of hydrogen-bond acceptors (Lipinski definition) is 4. The third kappa shape index (κ3) is 3.70. The molecule has 110 valence electrons. The maximum absolute atomic E-state index is 12.2. The lowest BCUT2D eigenvalue weighted by atomic mass is 10.1. The molecule has 2 rings (SSSR count). The van der Waals surface area contributed by atoms with Crippen LogP contribution in [0.25, 0.3) is 0 Å². The van der Waals surface area contributed by atoms with Gasteiger partial charge in [-0.25, -0.2) is 13.1 Å². The summed E-state index contributed by atoms with van der Waals surface area (Å²) in [6.45, 7) is 0.415. The lowest BCUT2D eigenvalue weighted by molar-refractivity contribution is 0.563. The Morgan fingerprint density at radius 3 is 2.76 bits per heavy atom. The molecule has 0 aliphatic carbocycles. The van der Waals surface area contributed by atoms with Crippen LogP contribution < -0.4 is 10.5 Å². The fourth-order valence-corrected chi connectivity index (χ4v) is 2.94. The minimum absolute atomic E-state index is 0.119. The molecule has 0 spiro atoms. The highest BCUT2D eigenvalue weighted by molar-refractivity contribution is 7.89. The molecule has 0 bridgehead atoms. The Morgan fingerprint density at radius 2 is 2.10 bits per heavy atom. The van der Waals surface area contributed by atoms with E-state index in [0.29, 0.717) is 0 Å². The first-order valence-electron chi connectivity index (χ1n) is 6.29. The predicted molar refractivity (Wildman–Crippen MR) is 79.6 cm³/mol. The first-order chi connectivity index (χ1) is 10.0. The minimum atomic E-state index is -3.61. The second kappa shape index (κ2) is 6.54. The lowest BCUT2D eigenvalue weighted by Gasteiger charge is -2.08. The van der Waals surface area contributed by atoms with Crippen LogP contribution in [0.1, 0.15) is 11.1 Å². The van der Waals surface area contributed by atoms with Crippen molar-refractivity contribution < 1.29 is 8.42 Å². The monoisotopic (exact) mass is 304 g/mol. The highest BCUT2D eigenvalue weighted by atomic mass is 32.2. The van der Waals surface area contributed by atoms with E-state index < -0.39 is 10.0 Å². The zero-order chi connectivity index (χ0) is 15.3. The van der Waals surface area contributed by atoms with E-state index in [2.05, 4.69) is 21.7 Å². The molecule has 1 aromatic heterocycles. The number of nitrogens with two attached hydrogens (primary N) is 1. The molecule has 1 aromatic carbocycles. The average molecular weight is 304 g/mol. The van der Waals surface area contributed by atoms with Crippen LogP contribution >= 0.6 is 0 Å². The van der Waals surface area contributed by atoms with E-state index in [1.165, 1.54) is 16.9 Å². The third-order valence-corrected chi connectivity index (χ3v) is 4.32. The second-order valence-electron chi connectivity index (χ2n) is 4.28. The van der Waals surface area contributed by atoms with Gasteiger partial charge in [-0.15, -0.1) is 0 Å². The Balaban J connectivity index is 2.19. The number of benzene rings is 1. The van der Waals surface area contributed by atoms with E-state index in [9.17, 15) is 8.42 Å². The van der Waals surface area contributed by atoms with Crippen molar-refractivity contribution >= 4 is 10.0 Å². The fourth-order valence-electron chi connectivity index (χ4n) is 1.81. The molecule has 0 amide bonds. The number of rotatable bonds is 4. The van der Waals surface area contributed by atoms with Crippen molar-refractivity contribution in [3.63, 3.8) is 0 Å². The normalized spacial score (nSPS) is 11.0. The van der Waals surface area contributed by atoms with Crippen molar-refractivity contribution in [1.29, 1.82) is 0 Å². The van der Waals surface area contributed by atoms with Crippen LogP contribution in [0.3, 0.4) is 0 Å². The Hall–Kier alpha value is -2.14. The quantitative estimate of drug-likeness (QED) is 0.790. The van der Waals surface area contributed by atoms with Gasteiger partial charge in [0.1, 0.15) is 0 Å². The summed E-state index contributed by atoms with van der Waals surface area (Å²) in [7, 11) is -2.03. The van der Waals surface area contributed by atoms with Crippen LogP contribution in [0.4, 0.5) is 0 Å². The van der Waals surface area contributed by atoms with Crippen LogP contribution in [0.2, 0.25) is 0 Å². The largest absolute Gasteiger partial charge is 0.320 e. The molecule has 0 radical (unpaired) electrons. The molecule has 0 aliphatic heterocycles. The van der Waals surface area contributed by atoms with Gasteiger partial charge in [0, 0.05) is 19.2 Å². The molecule has 0 saturated heterocycles. The van der Waals surface area contributed by atoms with Gasteiger partial charge in [0.15, 0.2) is 5.03 Å². The maximum atomic E-state index is 12.2. The molecule has 7 heteroatoms. The lowest BCUT2D eigenvalue weighted by Crippen LogP contribution is -2.25. The van der Waals surface area contributed by atoms with E-state index >= 15 is 0 Å². The van der Waals surface area contributed by atoms with Gasteiger partial charge in [-0.2, -0.15) is 5.10 Å². The summed E-state index contributed by atoms with van der Waals surface area (Å²) in [6.07, 6.45) is 1.44. The summed E-state index contributed by atoms with van der Waals surface area (Å²) < 4.78 is 28.2. The fraction of sp³-hybridized carbons (Fsp3) is 0.214. The van der Waals surface area contributed by atoms with Crippen molar-refractivity contribution in [2.24, 2.45) is 12.8 Å². The summed E-state index contributed by atoms with van der Waals surface area (Å²) in [4.78, 5) is 0. The Morgan fingerprint density at radius 1 is 1.33 bits per heavy atom. The number of hydrogen-bond donors (Lipinski definition) is 2. The summed E-state index contributed by atoms with van der Waals surface area (Å²) in [6, 6.07) is 8.78. The summed E-state index contributed by atoms with van der Waals surface area (Å²) in [5.41, 5.74) is 6.91. The molecule has 1 heterocycles. The molecule has 6 nitrogen and oxygen atoms in total. The number of nitrogens with one attached hydrogen (secondary N) is 1. The molecule has 0 unspecified atom stereocenters. The molecule has 0 fully saturated rings. The zero-order valence-corrected chi connectivity index (χ0v) is 12.4. The van der Waals surface area contributed by atoms with Crippen LogP contribution in [-0.2, 0) is 23.6 Å². The van der Waals surface area contributed by atoms with Crippen LogP contribution in [0.15, 0.2) is 41.6 Å². The number of nitrogens with zero attached hydrogens (tertiary/aromatic N) is 2. The van der Waals surface area contributed by atoms with E-state index in [1.54, 1.807) is 7.05 Å². The van der Waals surface area contributed by atoms with Crippen LogP contribution in [0.5, 0.6) is 0 Å². The third-order valence-electron chi connectivity index (χ3n) is 2.85. The van der Waals surface area contributed by atoms with Gasteiger partial charge in [-0.05, 0) is 17.7 Å². The summed E-state index contributed by atoms with van der Waals surface area (Å²) in [5.74, 6) is 5.69. The van der Waals surface area contributed by atoms with Gasteiger partial charge in [-0.3, -0.25) is 4.68 Å². The van der Waals surface area contributed by atoms with Crippen molar-refractivity contribution in [2.45, 2.75) is 11.6 Å². The van der Waals surface area contributed by atoms with Crippen molar-refractivity contribution in [1.82, 2.24) is 14.5 Å². The smallest absolute Gasteiger partial charge is 0.258 e. The molecular formula is C14H16N4O2S. The topological polar surface area (TPSA) is 90.0 Å². The van der Waals surface area contributed by atoms with Gasteiger partial charge < -0.3 is 5.73 Å². The van der Waals surface area contributed by atoms with E-state index in [-0.39, 0.29) is 18.1 Å². The van der Waals surface area contributed by atoms with Gasteiger partial charge in [0.2, 0.25) is 0 Å². The maximum Gasteiger partial charge on any atom is 0.258 e. The first-order valence-corrected chi connectivity index (χ1v) is 7.77. The Bertz CT molecular complexity index is 785. The zero-order valence-electron chi connectivity index (χ0n) is 11.6. The van der Waals surface area contributed by atoms with Crippen LogP contribution in [-0.4, -0.2) is 24.7 Å². The molecular weight excluding hydrogens is 288 g/mol. The molecule has 21 heavy (non-hydrogen) atoms. The standard InChI is InChI=1S/C14H16N4O2S/c1-18-14(8-10-16-18)21(19,20)17-11-13-6-3-2-5-12(13)7-4-9-15/h2-3,5-6,8,10,17H,9,11,15H2,1H3. The molecule has 0 atom stereocenters. The van der Waals surface area contributed by atoms with Crippen LogP contribution in [0, 0.1) is 11.8 Å². The van der Waals surface area contributed by atoms with Gasteiger partial charge >= 0.3 is 0 Å². The van der Waals surface area contributed by atoms with Crippen molar-refractivity contribution in [3.8, 4) is 11.8 Å². The average Bonchev–Trinajstić information content (AvgIpc) is 2.91. The van der Waals surface area contributed by atoms with Crippen molar-refractivity contribution in [3.05, 3.63) is 47.7 Å². The summed E-state index contributed by atoms with van der Waals surface area (Å²) in [5, 5.41) is 3.98. The Labute approximate surface area is 124 Å². The molecule has 2 aromatic rings. The van der Waals surface area contributed by atoms with E-state index in [4.69, 9.17) is 5.73 Å². The number of aromatic nitrogens is 2. The molecule has 0 saturated carbocycles. The highest BCUT2D eigenvalue weighted by Crippen LogP contribution is 2.10. The van der Waals surface area contributed by atoms with Gasteiger partial charge in [0.25, 0.3) is 10.0 Å². The SMILES string of the molecule is Cn1nccc1S(=O)(=O)NCc1ccccc1C#CCN. The minimum Gasteiger partial charge on any atom is -0.320 e. The van der Waals surface area contributed by atoms with Gasteiger partial charge in [0.05, 0.1) is 12.7 Å². The highest BCUT2D eigenvalue weighted by Gasteiger charge is 2.17. The van der Waals surface area contributed by atoms with Gasteiger partial charge in [-0.1, -0.05) is 30.0 Å². The number of aryl methyl sites for hydroxylation is 1.